The van der Waals surface area contributed by atoms with Gasteiger partial charge in [0.2, 0.25) is 0 Å². The summed E-state index contributed by atoms with van der Waals surface area (Å²) in [7, 11) is 0. The quantitative estimate of drug-likeness (QED) is 0.706. The van der Waals surface area contributed by atoms with Gasteiger partial charge in [-0.25, -0.2) is 9.28 Å². The third-order valence-electron chi connectivity index (χ3n) is 4.91. The SMILES string of the molecule is O=C1CCC[N+]1(c1cccc(Cl)c1Cl)C1CCCCC1. The summed E-state index contributed by atoms with van der Waals surface area (Å²) in [5, 5.41) is 1.12. The average molecular weight is 313 g/mol. The molecule has 1 aliphatic carbocycles. The van der Waals surface area contributed by atoms with E-state index in [1.54, 1.807) is 6.07 Å². The van der Waals surface area contributed by atoms with E-state index in [4.69, 9.17) is 23.2 Å². The fourth-order valence-electron chi connectivity index (χ4n) is 3.96. The van der Waals surface area contributed by atoms with Gasteiger partial charge in [0.25, 0.3) is 0 Å². The third kappa shape index (κ3) is 2.18. The van der Waals surface area contributed by atoms with Gasteiger partial charge in [-0.3, -0.25) is 0 Å². The molecule has 1 amide bonds. The zero-order valence-corrected chi connectivity index (χ0v) is 13.1. The first-order valence-electron chi connectivity index (χ1n) is 7.52. The monoisotopic (exact) mass is 312 g/mol. The molecule has 1 atom stereocenters. The standard InChI is InChI=1S/C16H20Cl2NO/c17-13-8-4-9-14(16(13)18)19(11-5-10-15(19)20)12-6-2-1-3-7-12/h4,8-9,12H,1-3,5-7,10-11H2/q+1. The topological polar surface area (TPSA) is 17.1 Å². The van der Waals surface area contributed by atoms with Gasteiger partial charge in [0.1, 0.15) is 11.1 Å². The molecule has 0 radical (unpaired) electrons. The Hall–Kier alpha value is -0.570. The summed E-state index contributed by atoms with van der Waals surface area (Å²) in [5.41, 5.74) is 0.925. The molecule has 0 spiro atoms. The number of benzene rings is 1. The van der Waals surface area contributed by atoms with Gasteiger partial charge >= 0.3 is 5.91 Å². The van der Waals surface area contributed by atoms with E-state index >= 15 is 0 Å². The Bertz CT molecular complexity index is 525. The summed E-state index contributed by atoms with van der Waals surface area (Å²) in [4.78, 5) is 12.7. The summed E-state index contributed by atoms with van der Waals surface area (Å²) < 4.78 is 0.444. The van der Waals surface area contributed by atoms with Crippen molar-refractivity contribution in [3.8, 4) is 0 Å². The highest BCUT2D eigenvalue weighted by molar-refractivity contribution is 6.43. The van der Waals surface area contributed by atoms with Crippen LogP contribution in [0.5, 0.6) is 0 Å². The minimum absolute atomic E-state index is 0.320. The number of halogens is 2. The first-order chi connectivity index (χ1) is 9.66. The predicted molar refractivity (Wildman–Crippen MR) is 84.2 cm³/mol. The van der Waals surface area contributed by atoms with Crippen LogP contribution in [0, 0.1) is 0 Å². The molecule has 0 bridgehead atoms. The lowest BCUT2D eigenvalue weighted by Crippen LogP contribution is -2.58. The molecule has 1 unspecified atom stereocenters. The molecule has 1 saturated carbocycles. The predicted octanol–water partition coefficient (Wildman–Crippen LogP) is 4.95. The van der Waals surface area contributed by atoms with Gasteiger partial charge in [0.15, 0.2) is 5.69 Å². The number of quaternary nitrogens is 1. The van der Waals surface area contributed by atoms with E-state index in [-0.39, 0.29) is 0 Å². The van der Waals surface area contributed by atoms with Crippen molar-refractivity contribution in [3.05, 3.63) is 28.2 Å². The van der Waals surface area contributed by atoms with E-state index in [2.05, 4.69) is 0 Å². The first kappa shape index (κ1) is 14.4. The van der Waals surface area contributed by atoms with Crippen LogP contribution in [0.4, 0.5) is 5.69 Å². The van der Waals surface area contributed by atoms with Crippen molar-refractivity contribution in [1.29, 1.82) is 0 Å². The third-order valence-corrected chi connectivity index (χ3v) is 5.71. The number of amides is 1. The van der Waals surface area contributed by atoms with E-state index < -0.39 is 0 Å². The van der Waals surface area contributed by atoms with Crippen molar-refractivity contribution in [2.24, 2.45) is 0 Å². The Morgan fingerprint density at radius 3 is 2.45 bits per heavy atom. The molecule has 0 aromatic heterocycles. The maximum Gasteiger partial charge on any atom is 0.319 e. The highest BCUT2D eigenvalue weighted by atomic mass is 35.5. The fraction of sp³-hybridized carbons (Fsp3) is 0.562. The molecule has 2 aliphatic rings. The Labute approximate surface area is 130 Å². The molecule has 1 saturated heterocycles. The summed E-state index contributed by atoms with van der Waals surface area (Å²) in [5.74, 6) is 0.320. The summed E-state index contributed by atoms with van der Waals surface area (Å²) in [6, 6.07) is 6.09. The van der Waals surface area contributed by atoms with Gasteiger partial charge in [-0.2, -0.15) is 0 Å². The molecule has 1 aromatic rings. The van der Waals surface area contributed by atoms with Crippen LogP contribution >= 0.6 is 23.2 Å². The van der Waals surface area contributed by atoms with Crippen molar-refractivity contribution in [2.45, 2.75) is 51.0 Å². The largest absolute Gasteiger partial charge is 0.319 e. The number of carbonyl (C=O) groups is 1. The normalized spacial score (nSPS) is 28.0. The molecule has 108 valence electrons. The van der Waals surface area contributed by atoms with Crippen LogP contribution in [0.1, 0.15) is 44.9 Å². The van der Waals surface area contributed by atoms with Gasteiger partial charge in [-0.15, -0.1) is 0 Å². The average Bonchev–Trinajstić information content (AvgIpc) is 2.85. The lowest BCUT2D eigenvalue weighted by molar-refractivity contribution is -0.129. The zero-order chi connectivity index (χ0) is 14.2. The Balaban J connectivity index is 2.10. The van der Waals surface area contributed by atoms with E-state index in [9.17, 15) is 4.79 Å². The minimum Gasteiger partial charge on any atom is -0.230 e. The summed E-state index contributed by atoms with van der Waals surface area (Å²) >= 11 is 12.6. The Kier molecular flexibility index (Phi) is 4.07. The van der Waals surface area contributed by atoms with Crippen LogP contribution in [-0.4, -0.2) is 18.5 Å². The minimum atomic E-state index is 0.320. The highest BCUT2D eigenvalue weighted by Crippen LogP contribution is 2.44. The van der Waals surface area contributed by atoms with E-state index in [0.717, 1.165) is 31.5 Å². The number of hydrogen-bond acceptors (Lipinski definition) is 1. The number of likely N-dealkylation sites (tertiary alicyclic amines) is 1. The lowest BCUT2D eigenvalue weighted by atomic mass is 9.91. The molecule has 4 heteroatoms. The lowest BCUT2D eigenvalue weighted by Gasteiger charge is -2.41. The Morgan fingerprint density at radius 2 is 1.80 bits per heavy atom. The molecule has 1 aromatic carbocycles. The van der Waals surface area contributed by atoms with Gasteiger partial charge in [0.05, 0.1) is 18.0 Å². The van der Waals surface area contributed by atoms with Crippen molar-refractivity contribution < 1.29 is 4.79 Å². The zero-order valence-electron chi connectivity index (χ0n) is 11.6. The molecule has 20 heavy (non-hydrogen) atoms. The van der Waals surface area contributed by atoms with Crippen LogP contribution in [-0.2, 0) is 4.79 Å². The number of rotatable bonds is 2. The van der Waals surface area contributed by atoms with Crippen molar-refractivity contribution in [3.63, 3.8) is 0 Å². The Morgan fingerprint density at radius 1 is 1.05 bits per heavy atom. The summed E-state index contributed by atoms with van der Waals surface area (Å²) in [6.07, 6.45) is 7.58. The van der Waals surface area contributed by atoms with Crippen LogP contribution in [0.2, 0.25) is 10.0 Å². The van der Waals surface area contributed by atoms with Crippen molar-refractivity contribution in [1.82, 2.24) is 4.48 Å². The number of nitrogens with zero attached hydrogens (tertiary/aromatic N) is 1. The molecule has 1 aliphatic heterocycles. The van der Waals surface area contributed by atoms with Crippen LogP contribution in [0.15, 0.2) is 18.2 Å². The molecule has 3 rings (SSSR count). The second-order valence-corrected chi connectivity index (χ2v) is 6.74. The molecule has 2 nitrogen and oxygen atoms in total. The fourth-order valence-corrected chi connectivity index (χ4v) is 4.41. The first-order valence-corrected chi connectivity index (χ1v) is 8.27. The van der Waals surface area contributed by atoms with Gasteiger partial charge < -0.3 is 0 Å². The maximum atomic E-state index is 12.7. The molecular formula is C16H20Cl2NO+. The van der Waals surface area contributed by atoms with Crippen LogP contribution in [0.25, 0.3) is 0 Å². The van der Waals surface area contributed by atoms with Crippen LogP contribution < -0.4 is 4.48 Å². The second-order valence-electron chi connectivity index (χ2n) is 5.95. The van der Waals surface area contributed by atoms with Gasteiger partial charge in [0, 0.05) is 25.3 Å². The number of carbonyl (C=O) groups excluding carboxylic acids is 1. The second kappa shape index (κ2) is 5.67. The van der Waals surface area contributed by atoms with Gasteiger partial charge in [-0.05, 0) is 18.9 Å². The van der Waals surface area contributed by atoms with Crippen molar-refractivity contribution in [2.75, 3.05) is 6.54 Å². The number of hydrogen-bond donors (Lipinski definition) is 0. The molecule has 1 heterocycles. The maximum absolute atomic E-state index is 12.7. The molecule has 0 N–H and O–H groups in total. The van der Waals surface area contributed by atoms with Gasteiger partial charge in [-0.1, -0.05) is 35.7 Å². The van der Waals surface area contributed by atoms with E-state index in [1.165, 1.54) is 19.3 Å². The molecule has 2 fully saturated rings. The van der Waals surface area contributed by atoms with Crippen molar-refractivity contribution >= 4 is 34.8 Å². The van der Waals surface area contributed by atoms with E-state index in [1.807, 2.05) is 12.1 Å². The van der Waals surface area contributed by atoms with E-state index in [0.29, 0.717) is 32.9 Å². The molecular weight excluding hydrogens is 293 g/mol. The highest BCUT2D eigenvalue weighted by Gasteiger charge is 2.50. The van der Waals surface area contributed by atoms with Crippen LogP contribution in [0.3, 0.4) is 0 Å². The smallest absolute Gasteiger partial charge is 0.230 e. The summed E-state index contributed by atoms with van der Waals surface area (Å²) in [6.45, 7) is 0.879.